The van der Waals surface area contributed by atoms with Gasteiger partial charge < -0.3 is 10.4 Å². The number of rotatable bonds is 5. The zero-order chi connectivity index (χ0) is 11.8. The van der Waals surface area contributed by atoms with E-state index in [1.54, 1.807) is 11.3 Å². The summed E-state index contributed by atoms with van der Waals surface area (Å²) in [6.45, 7) is 6.56. The van der Waals surface area contributed by atoms with Gasteiger partial charge in [-0.25, -0.2) is 4.98 Å². The minimum absolute atomic E-state index is 0.261. The summed E-state index contributed by atoms with van der Waals surface area (Å²) in [5.74, 6) is 0.739. The summed E-state index contributed by atoms with van der Waals surface area (Å²) >= 11 is 1.77. The molecule has 1 aromatic rings. The zero-order valence-electron chi connectivity index (χ0n) is 10.2. The minimum atomic E-state index is -0.367. The maximum atomic E-state index is 9.58. The number of aromatic nitrogens is 1. The highest BCUT2D eigenvalue weighted by atomic mass is 32.1. The number of hydrogen-bond donors (Lipinski definition) is 2. The van der Waals surface area contributed by atoms with E-state index >= 15 is 0 Å². The number of hydrogen-bond acceptors (Lipinski definition) is 4. The van der Waals surface area contributed by atoms with Crippen LogP contribution in [0.25, 0.3) is 0 Å². The summed E-state index contributed by atoms with van der Waals surface area (Å²) in [5, 5.41) is 16.3. The quantitative estimate of drug-likeness (QED) is 0.830. The van der Waals surface area contributed by atoms with E-state index in [1.807, 2.05) is 20.8 Å². The van der Waals surface area contributed by atoms with E-state index in [0.717, 1.165) is 18.2 Å². The summed E-state index contributed by atoms with van der Waals surface area (Å²) in [6, 6.07) is 0. The molecule has 0 saturated heterocycles. The van der Waals surface area contributed by atoms with Crippen molar-refractivity contribution >= 4 is 11.3 Å². The number of nitrogens with one attached hydrogen (secondary N) is 1. The molecule has 0 amide bonds. The Morgan fingerprint density at radius 3 is 2.88 bits per heavy atom. The molecule has 1 unspecified atom stereocenters. The van der Waals surface area contributed by atoms with Gasteiger partial charge in [0.2, 0.25) is 0 Å². The van der Waals surface area contributed by atoms with Crippen LogP contribution in [-0.4, -0.2) is 21.7 Å². The molecule has 1 saturated carbocycles. The Morgan fingerprint density at radius 1 is 1.62 bits per heavy atom. The van der Waals surface area contributed by atoms with Crippen molar-refractivity contribution in [1.29, 1.82) is 0 Å². The third-order valence-electron chi connectivity index (χ3n) is 3.27. The van der Waals surface area contributed by atoms with Crippen molar-refractivity contribution in [3.05, 3.63) is 16.1 Å². The van der Waals surface area contributed by atoms with Crippen molar-refractivity contribution in [2.24, 2.45) is 0 Å². The molecule has 0 spiro atoms. The van der Waals surface area contributed by atoms with E-state index in [-0.39, 0.29) is 11.6 Å². The molecule has 1 heterocycles. The number of aliphatic hydroxyl groups excluding tert-OH is 1. The molecule has 1 atom stereocenters. The smallest absolute Gasteiger partial charge is 0.0959 e. The SMILES string of the molecule is CC(O)C(C)(C)NCc1csc(C2CC2)n1. The molecule has 1 aliphatic rings. The maximum Gasteiger partial charge on any atom is 0.0959 e. The number of aliphatic hydroxyl groups is 1. The van der Waals surface area contributed by atoms with Crippen LogP contribution in [0.5, 0.6) is 0 Å². The second kappa shape index (κ2) is 4.43. The highest BCUT2D eigenvalue weighted by Gasteiger charge is 2.27. The molecule has 1 aliphatic carbocycles. The number of thiazole rings is 1. The summed E-state index contributed by atoms with van der Waals surface area (Å²) in [7, 11) is 0. The van der Waals surface area contributed by atoms with E-state index < -0.39 is 0 Å². The van der Waals surface area contributed by atoms with Crippen LogP contribution in [0.2, 0.25) is 0 Å². The first kappa shape index (κ1) is 12.0. The Labute approximate surface area is 101 Å². The highest BCUT2D eigenvalue weighted by molar-refractivity contribution is 7.09. The standard InChI is InChI=1S/C12H20N2OS/c1-8(15)12(2,3)13-6-10-7-16-11(14-10)9-4-5-9/h7-9,13,15H,4-6H2,1-3H3. The first-order valence-corrected chi connectivity index (χ1v) is 6.74. The van der Waals surface area contributed by atoms with Gasteiger partial charge in [0.15, 0.2) is 0 Å². The lowest BCUT2D eigenvalue weighted by molar-refractivity contribution is 0.0954. The molecule has 3 nitrogen and oxygen atoms in total. The van der Waals surface area contributed by atoms with Crippen molar-refractivity contribution in [2.75, 3.05) is 0 Å². The van der Waals surface area contributed by atoms with E-state index in [2.05, 4.69) is 15.7 Å². The average molecular weight is 240 g/mol. The van der Waals surface area contributed by atoms with Crippen LogP contribution in [-0.2, 0) is 6.54 Å². The predicted molar refractivity (Wildman–Crippen MR) is 66.7 cm³/mol. The highest BCUT2D eigenvalue weighted by Crippen LogP contribution is 2.41. The van der Waals surface area contributed by atoms with E-state index in [9.17, 15) is 5.11 Å². The van der Waals surface area contributed by atoms with Crippen molar-refractivity contribution in [3.63, 3.8) is 0 Å². The molecule has 0 radical (unpaired) electrons. The van der Waals surface area contributed by atoms with Crippen LogP contribution >= 0.6 is 11.3 Å². The van der Waals surface area contributed by atoms with Gasteiger partial charge in [-0.3, -0.25) is 0 Å². The molecule has 0 bridgehead atoms. The van der Waals surface area contributed by atoms with Crippen molar-refractivity contribution in [1.82, 2.24) is 10.3 Å². The van der Waals surface area contributed by atoms with Crippen LogP contribution in [0.4, 0.5) is 0 Å². The van der Waals surface area contributed by atoms with E-state index in [4.69, 9.17) is 0 Å². The van der Waals surface area contributed by atoms with E-state index in [1.165, 1.54) is 17.8 Å². The van der Waals surface area contributed by atoms with Crippen LogP contribution in [0, 0.1) is 0 Å². The van der Waals surface area contributed by atoms with Gasteiger partial charge in [-0.1, -0.05) is 0 Å². The molecule has 1 fully saturated rings. The van der Waals surface area contributed by atoms with Crippen molar-refractivity contribution < 1.29 is 5.11 Å². The second-order valence-electron chi connectivity index (χ2n) is 5.20. The first-order chi connectivity index (χ1) is 7.49. The molecule has 16 heavy (non-hydrogen) atoms. The lowest BCUT2D eigenvalue weighted by Gasteiger charge is -2.29. The third kappa shape index (κ3) is 2.81. The van der Waals surface area contributed by atoms with Gasteiger partial charge in [-0.05, 0) is 33.6 Å². The van der Waals surface area contributed by atoms with Gasteiger partial charge in [0.1, 0.15) is 0 Å². The van der Waals surface area contributed by atoms with Crippen LogP contribution in [0.3, 0.4) is 0 Å². The van der Waals surface area contributed by atoms with Crippen molar-refractivity contribution in [2.45, 2.75) is 57.7 Å². The Kier molecular flexibility index (Phi) is 3.33. The molecule has 4 heteroatoms. The Hall–Kier alpha value is -0.450. The third-order valence-corrected chi connectivity index (χ3v) is 4.32. The first-order valence-electron chi connectivity index (χ1n) is 5.86. The predicted octanol–water partition coefficient (Wildman–Crippen LogP) is 2.27. The lowest BCUT2D eigenvalue weighted by atomic mass is 9.99. The van der Waals surface area contributed by atoms with Crippen LogP contribution in [0.15, 0.2) is 5.38 Å². The van der Waals surface area contributed by atoms with E-state index in [0.29, 0.717) is 0 Å². The summed E-state index contributed by atoms with van der Waals surface area (Å²) in [6.07, 6.45) is 2.24. The summed E-state index contributed by atoms with van der Waals surface area (Å²) < 4.78 is 0. The molecule has 1 aromatic heterocycles. The van der Waals surface area contributed by atoms with Gasteiger partial charge >= 0.3 is 0 Å². The van der Waals surface area contributed by atoms with Gasteiger partial charge in [-0.2, -0.15) is 0 Å². The average Bonchev–Trinajstić information content (AvgIpc) is 2.95. The maximum absolute atomic E-state index is 9.58. The summed E-state index contributed by atoms with van der Waals surface area (Å²) in [4.78, 5) is 4.61. The summed E-state index contributed by atoms with van der Waals surface area (Å²) in [5.41, 5.74) is 0.837. The molecule has 0 aliphatic heterocycles. The molecular formula is C12H20N2OS. The largest absolute Gasteiger partial charge is 0.392 e. The van der Waals surface area contributed by atoms with Crippen LogP contribution in [0.1, 0.15) is 50.2 Å². The molecular weight excluding hydrogens is 220 g/mol. The topological polar surface area (TPSA) is 45.1 Å². The molecule has 0 aromatic carbocycles. The normalized spacial score (nSPS) is 18.8. The van der Waals surface area contributed by atoms with Gasteiger partial charge in [-0.15, -0.1) is 11.3 Å². The Balaban J connectivity index is 1.89. The Bertz CT molecular complexity index is 356. The fourth-order valence-corrected chi connectivity index (χ4v) is 2.38. The number of nitrogens with zero attached hydrogens (tertiary/aromatic N) is 1. The fraction of sp³-hybridized carbons (Fsp3) is 0.750. The molecule has 2 rings (SSSR count). The van der Waals surface area contributed by atoms with Crippen LogP contribution < -0.4 is 5.32 Å². The zero-order valence-corrected chi connectivity index (χ0v) is 11.0. The van der Waals surface area contributed by atoms with Gasteiger partial charge in [0.05, 0.1) is 16.8 Å². The monoisotopic (exact) mass is 240 g/mol. The second-order valence-corrected chi connectivity index (χ2v) is 6.09. The Morgan fingerprint density at radius 2 is 2.31 bits per heavy atom. The molecule has 2 N–H and O–H groups in total. The fourth-order valence-electron chi connectivity index (χ4n) is 1.39. The van der Waals surface area contributed by atoms with Gasteiger partial charge in [0, 0.05) is 23.4 Å². The molecule has 90 valence electrons. The minimum Gasteiger partial charge on any atom is -0.392 e. The van der Waals surface area contributed by atoms with Gasteiger partial charge in [0.25, 0.3) is 0 Å². The lowest BCUT2D eigenvalue weighted by Crippen LogP contribution is -2.47. The van der Waals surface area contributed by atoms with Crippen molar-refractivity contribution in [3.8, 4) is 0 Å².